The standard InChI is InChI=1S/C25H35BrO3Si/c1-8-10-19-11-16-23(28-24(18-26)27-9-2)22(17-19)20-12-14-21(15-13-20)29-30(6,7)25(3,4)5/h8,11-17,24H,1,9-10,18H2,2-7H3. The smallest absolute Gasteiger partial charge is 0.250 e. The maximum atomic E-state index is 6.43. The lowest BCUT2D eigenvalue weighted by Gasteiger charge is -2.36. The maximum absolute atomic E-state index is 6.43. The molecule has 0 aliphatic carbocycles. The molecule has 0 fully saturated rings. The molecule has 0 aliphatic rings. The van der Waals surface area contributed by atoms with E-state index in [2.05, 4.69) is 92.8 Å². The molecule has 0 aromatic heterocycles. The van der Waals surface area contributed by atoms with Gasteiger partial charge in [0.25, 0.3) is 0 Å². The topological polar surface area (TPSA) is 27.7 Å². The molecule has 0 N–H and O–H groups in total. The molecule has 164 valence electrons. The number of alkyl halides is 1. The van der Waals surface area contributed by atoms with Crippen LogP contribution in [-0.4, -0.2) is 26.5 Å². The quantitative estimate of drug-likeness (QED) is 0.148. The van der Waals surface area contributed by atoms with E-state index < -0.39 is 8.32 Å². The van der Waals surface area contributed by atoms with E-state index in [1.54, 1.807) is 0 Å². The molecule has 0 heterocycles. The summed E-state index contributed by atoms with van der Waals surface area (Å²) in [6.07, 6.45) is 2.39. The molecular weight excluding hydrogens is 456 g/mol. The molecule has 5 heteroatoms. The van der Waals surface area contributed by atoms with Gasteiger partial charge in [0.1, 0.15) is 11.5 Å². The van der Waals surface area contributed by atoms with Crippen molar-refractivity contribution in [3.63, 3.8) is 0 Å². The summed E-state index contributed by atoms with van der Waals surface area (Å²) in [4.78, 5) is 0. The molecule has 0 saturated heterocycles. The Morgan fingerprint density at radius 2 is 1.77 bits per heavy atom. The van der Waals surface area contributed by atoms with Crippen LogP contribution in [0.25, 0.3) is 11.1 Å². The van der Waals surface area contributed by atoms with Crippen LogP contribution in [0, 0.1) is 0 Å². The molecule has 0 radical (unpaired) electrons. The summed E-state index contributed by atoms with van der Waals surface area (Å²) in [5.41, 5.74) is 3.32. The van der Waals surface area contributed by atoms with Gasteiger partial charge in [0.05, 0.1) is 5.33 Å². The normalized spacial score (nSPS) is 13.0. The number of benzene rings is 2. The highest BCUT2D eigenvalue weighted by atomic mass is 79.9. The summed E-state index contributed by atoms with van der Waals surface area (Å²) in [7, 11) is -1.87. The predicted octanol–water partition coefficient (Wildman–Crippen LogP) is 7.60. The lowest BCUT2D eigenvalue weighted by atomic mass is 10.0. The van der Waals surface area contributed by atoms with Gasteiger partial charge in [-0.15, -0.1) is 6.58 Å². The zero-order chi connectivity index (χ0) is 22.4. The molecule has 0 bridgehead atoms. The molecule has 2 aromatic carbocycles. The number of allylic oxidation sites excluding steroid dienone is 1. The van der Waals surface area contributed by atoms with E-state index in [4.69, 9.17) is 13.9 Å². The van der Waals surface area contributed by atoms with Crippen molar-refractivity contribution >= 4 is 24.2 Å². The Kier molecular flexibility index (Phi) is 8.77. The SMILES string of the molecule is C=CCc1ccc(OC(CBr)OCC)c(-c2ccc(O[Si](C)(C)C(C)(C)C)cc2)c1. The van der Waals surface area contributed by atoms with E-state index in [0.29, 0.717) is 11.9 Å². The van der Waals surface area contributed by atoms with E-state index in [9.17, 15) is 0 Å². The van der Waals surface area contributed by atoms with Gasteiger partial charge in [-0.1, -0.05) is 61.0 Å². The molecule has 2 aromatic rings. The second kappa shape index (κ2) is 10.6. The van der Waals surface area contributed by atoms with Crippen LogP contribution in [0.5, 0.6) is 11.5 Å². The molecule has 0 amide bonds. The monoisotopic (exact) mass is 490 g/mol. The summed E-state index contributed by atoms with van der Waals surface area (Å²) in [5.74, 6) is 1.72. The van der Waals surface area contributed by atoms with Gasteiger partial charge in [0.15, 0.2) is 0 Å². The third-order valence-corrected chi connectivity index (χ3v) is 10.4. The van der Waals surface area contributed by atoms with Crippen molar-refractivity contribution in [3.05, 3.63) is 60.7 Å². The van der Waals surface area contributed by atoms with Gasteiger partial charge < -0.3 is 13.9 Å². The average molecular weight is 492 g/mol. The van der Waals surface area contributed by atoms with Crippen LogP contribution in [0.4, 0.5) is 0 Å². The van der Waals surface area contributed by atoms with Gasteiger partial charge in [-0.25, -0.2) is 0 Å². The number of rotatable bonds is 10. The molecule has 0 spiro atoms. The summed E-state index contributed by atoms with van der Waals surface area (Å²) < 4.78 is 18.3. The summed E-state index contributed by atoms with van der Waals surface area (Å²) in [6.45, 7) is 17.7. The van der Waals surface area contributed by atoms with Crippen molar-refractivity contribution in [2.24, 2.45) is 0 Å². The Morgan fingerprint density at radius 3 is 2.30 bits per heavy atom. The van der Waals surface area contributed by atoms with E-state index in [1.807, 2.05) is 19.1 Å². The second-order valence-corrected chi connectivity index (χ2v) is 14.2. The minimum absolute atomic E-state index is 0.162. The first kappa shape index (κ1) is 24.7. The minimum atomic E-state index is -1.87. The van der Waals surface area contributed by atoms with Gasteiger partial charge in [0, 0.05) is 12.2 Å². The summed E-state index contributed by atoms with van der Waals surface area (Å²) in [5, 5.41) is 0.768. The number of hydrogen-bond acceptors (Lipinski definition) is 3. The fourth-order valence-electron chi connectivity index (χ4n) is 2.79. The molecule has 0 aliphatic heterocycles. The van der Waals surface area contributed by atoms with Crippen LogP contribution in [0.3, 0.4) is 0 Å². The predicted molar refractivity (Wildman–Crippen MR) is 133 cm³/mol. The molecule has 1 unspecified atom stereocenters. The van der Waals surface area contributed by atoms with Crippen LogP contribution in [-0.2, 0) is 11.2 Å². The number of ether oxygens (including phenoxy) is 2. The molecular formula is C25H35BrO3Si. The Morgan fingerprint density at radius 1 is 1.10 bits per heavy atom. The van der Waals surface area contributed by atoms with Crippen molar-refractivity contribution < 1.29 is 13.9 Å². The average Bonchev–Trinajstić information content (AvgIpc) is 2.68. The van der Waals surface area contributed by atoms with Crippen molar-refractivity contribution in [2.75, 3.05) is 11.9 Å². The van der Waals surface area contributed by atoms with Gasteiger partial charge >= 0.3 is 0 Å². The maximum Gasteiger partial charge on any atom is 0.250 e. The van der Waals surface area contributed by atoms with Crippen LogP contribution in [0.2, 0.25) is 18.1 Å². The van der Waals surface area contributed by atoms with Crippen LogP contribution in [0.1, 0.15) is 33.3 Å². The third kappa shape index (κ3) is 6.47. The molecule has 30 heavy (non-hydrogen) atoms. The molecule has 3 nitrogen and oxygen atoms in total. The fourth-order valence-corrected chi connectivity index (χ4v) is 4.14. The Labute approximate surface area is 191 Å². The van der Waals surface area contributed by atoms with E-state index in [-0.39, 0.29) is 11.3 Å². The van der Waals surface area contributed by atoms with Gasteiger partial charge in [-0.3, -0.25) is 0 Å². The Bertz CT molecular complexity index is 825. The zero-order valence-electron chi connectivity index (χ0n) is 19.1. The molecule has 2 rings (SSSR count). The molecule has 0 saturated carbocycles. The zero-order valence-corrected chi connectivity index (χ0v) is 21.7. The lowest BCUT2D eigenvalue weighted by molar-refractivity contribution is -0.0566. The minimum Gasteiger partial charge on any atom is -0.544 e. The Balaban J connectivity index is 2.36. The van der Waals surface area contributed by atoms with Crippen LogP contribution < -0.4 is 9.16 Å². The summed E-state index contributed by atoms with van der Waals surface area (Å²) in [6, 6.07) is 14.6. The third-order valence-electron chi connectivity index (χ3n) is 5.51. The van der Waals surface area contributed by atoms with Crippen molar-refractivity contribution in [2.45, 2.75) is 58.5 Å². The lowest BCUT2D eigenvalue weighted by Crippen LogP contribution is -2.43. The van der Waals surface area contributed by atoms with Crippen LogP contribution >= 0.6 is 15.9 Å². The van der Waals surface area contributed by atoms with E-state index >= 15 is 0 Å². The van der Waals surface area contributed by atoms with E-state index in [0.717, 1.165) is 29.0 Å². The first-order chi connectivity index (χ1) is 14.1. The summed E-state index contributed by atoms with van der Waals surface area (Å²) >= 11 is 3.47. The highest BCUT2D eigenvalue weighted by Gasteiger charge is 2.38. The van der Waals surface area contributed by atoms with Gasteiger partial charge in [0.2, 0.25) is 14.6 Å². The van der Waals surface area contributed by atoms with Crippen LogP contribution in [0.15, 0.2) is 55.1 Å². The van der Waals surface area contributed by atoms with Gasteiger partial charge in [-0.05, 0) is 66.9 Å². The first-order valence-corrected chi connectivity index (χ1v) is 14.5. The molecule has 1 atom stereocenters. The highest BCUT2D eigenvalue weighted by molar-refractivity contribution is 9.09. The highest BCUT2D eigenvalue weighted by Crippen LogP contribution is 2.38. The van der Waals surface area contributed by atoms with Crippen molar-refractivity contribution in [3.8, 4) is 22.6 Å². The first-order valence-electron chi connectivity index (χ1n) is 10.5. The van der Waals surface area contributed by atoms with Crippen molar-refractivity contribution in [1.82, 2.24) is 0 Å². The second-order valence-electron chi connectivity index (χ2n) is 8.87. The largest absolute Gasteiger partial charge is 0.544 e. The van der Waals surface area contributed by atoms with E-state index in [1.165, 1.54) is 5.56 Å². The Hall–Kier alpha value is -1.56. The number of hydrogen-bond donors (Lipinski definition) is 0. The van der Waals surface area contributed by atoms with Gasteiger partial charge in [-0.2, -0.15) is 0 Å². The number of halogens is 1. The van der Waals surface area contributed by atoms with Crippen molar-refractivity contribution in [1.29, 1.82) is 0 Å². The fraction of sp³-hybridized carbons (Fsp3) is 0.440.